The fourth-order valence-electron chi connectivity index (χ4n) is 2.08. The van der Waals surface area contributed by atoms with Crippen molar-refractivity contribution >= 4 is 10.0 Å². The Bertz CT molecular complexity index is 715. The number of pyridine rings is 1. The average Bonchev–Trinajstić information content (AvgIpc) is 2.48. The lowest BCUT2D eigenvalue weighted by molar-refractivity contribution is 0.566. The average molecular weight is 305 g/mol. The predicted molar refractivity (Wildman–Crippen MR) is 82.0 cm³/mol. The zero-order chi connectivity index (χ0) is 15.5. The Kier molecular flexibility index (Phi) is 4.72. The van der Waals surface area contributed by atoms with E-state index in [2.05, 4.69) is 9.71 Å². The molecule has 2 rings (SSSR count). The molecule has 0 amide bonds. The van der Waals surface area contributed by atoms with Gasteiger partial charge in [0.1, 0.15) is 0 Å². The van der Waals surface area contributed by atoms with Gasteiger partial charge in [-0.1, -0.05) is 12.1 Å². The van der Waals surface area contributed by atoms with E-state index in [1.54, 1.807) is 50.5 Å². The van der Waals surface area contributed by atoms with Crippen LogP contribution in [0.3, 0.4) is 0 Å². The summed E-state index contributed by atoms with van der Waals surface area (Å²) in [6.07, 6.45) is 3.28. The van der Waals surface area contributed by atoms with Gasteiger partial charge in [0.2, 0.25) is 10.0 Å². The van der Waals surface area contributed by atoms with Gasteiger partial charge in [-0.25, -0.2) is 13.1 Å². The molecular formula is C15H19N3O2S. The highest BCUT2D eigenvalue weighted by Crippen LogP contribution is 2.20. The standard InChI is InChI=1S/C15H19N3O2S/c1-11-3-4-13(10-16)9-15(11)21(19,20)18-12(2)14-5-7-17-8-6-14/h3-9,12,18H,10,16H2,1-2H3. The Morgan fingerprint density at radius 1 is 1.24 bits per heavy atom. The Balaban J connectivity index is 2.30. The van der Waals surface area contributed by atoms with Gasteiger partial charge in [0.25, 0.3) is 0 Å². The Hall–Kier alpha value is -1.76. The van der Waals surface area contributed by atoms with Crippen LogP contribution in [-0.2, 0) is 16.6 Å². The summed E-state index contributed by atoms with van der Waals surface area (Å²) in [5.74, 6) is 0. The van der Waals surface area contributed by atoms with Crippen molar-refractivity contribution < 1.29 is 8.42 Å². The van der Waals surface area contributed by atoms with Crippen LogP contribution in [0.25, 0.3) is 0 Å². The fourth-order valence-corrected chi connectivity index (χ4v) is 3.60. The number of aryl methyl sites for hydroxylation is 1. The molecule has 0 aliphatic carbocycles. The summed E-state index contributed by atoms with van der Waals surface area (Å²) in [6.45, 7) is 3.88. The van der Waals surface area contributed by atoms with Crippen LogP contribution in [0.2, 0.25) is 0 Å². The Labute approximate surface area is 125 Å². The van der Waals surface area contributed by atoms with E-state index >= 15 is 0 Å². The second-order valence-corrected chi connectivity index (χ2v) is 6.61. The van der Waals surface area contributed by atoms with Crippen LogP contribution in [0.1, 0.15) is 29.7 Å². The molecule has 0 fully saturated rings. The highest BCUT2D eigenvalue weighted by atomic mass is 32.2. The highest BCUT2D eigenvalue weighted by Gasteiger charge is 2.20. The summed E-state index contributed by atoms with van der Waals surface area (Å²) >= 11 is 0. The number of sulfonamides is 1. The molecule has 1 unspecified atom stereocenters. The Morgan fingerprint density at radius 2 is 1.90 bits per heavy atom. The second kappa shape index (κ2) is 6.34. The maximum absolute atomic E-state index is 12.5. The molecule has 1 heterocycles. The first-order valence-corrected chi connectivity index (χ1v) is 8.14. The minimum Gasteiger partial charge on any atom is -0.326 e. The third-order valence-electron chi connectivity index (χ3n) is 3.32. The summed E-state index contributed by atoms with van der Waals surface area (Å²) < 4.78 is 27.8. The van der Waals surface area contributed by atoms with Gasteiger partial charge >= 0.3 is 0 Å². The normalized spacial score (nSPS) is 13.1. The summed E-state index contributed by atoms with van der Waals surface area (Å²) in [7, 11) is -3.60. The number of hydrogen-bond donors (Lipinski definition) is 2. The third kappa shape index (κ3) is 3.66. The molecule has 0 radical (unpaired) electrons. The summed E-state index contributed by atoms with van der Waals surface area (Å²) in [5, 5.41) is 0. The van der Waals surface area contributed by atoms with Crippen molar-refractivity contribution in [3.8, 4) is 0 Å². The number of rotatable bonds is 5. The molecule has 1 aromatic carbocycles. The van der Waals surface area contributed by atoms with Crippen LogP contribution in [0.4, 0.5) is 0 Å². The van der Waals surface area contributed by atoms with Crippen molar-refractivity contribution in [2.24, 2.45) is 5.73 Å². The largest absolute Gasteiger partial charge is 0.326 e. The zero-order valence-electron chi connectivity index (χ0n) is 12.1. The predicted octanol–water partition coefficient (Wildman–Crippen LogP) is 1.89. The van der Waals surface area contributed by atoms with Gasteiger partial charge in [0.05, 0.1) is 4.90 Å². The zero-order valence-corrected chi connectivity index (χ0v) is 12.9. The molecule has 5 nitrogen and oxygen atoms in total. The highest BCUT2D eigenvalue weighted by molar-refractivity contribution is 7.89. The SMILES string of the molecule is Cc1ccc(CN)cc1S(=O)(=O)NC(C)c1ccncc1. The minimum atomic E-state index is -3.60. The molecule has 1 atom stereocenters. The fraction of sp³-hybridized carbons (Fsp3) is 0.267. The van der Waals surface area contributed by atoms with E-state index in [-0.39, 0.29) is 10.9 Å². The van der Waals surface area contributed by atoms with Gasteiger partial charge < -0.3 is 5.73 Å². The smallest absolute Gasteiger partial charge is 0.241 e. The summed E-state index contributed by atoms with van der Waals surface area (Å²) in [6, 6.07) is 8.47. The van der Waals surface area contributed by atoms with E-state index in [0.29, 0.717) is 12.1 Å². The van der Waals surface area contributed by atoms with Crippen molar-refractivity contribution in [3.63, 3.8) is 0 Å². The van der Waals surface area contributed by atoms with Gasteiger partial charge in [-0.15, -0.1) is 0 Å². The van der Waals surface area contributed by atoms with Crippen LogP contribution in [0.15, 0.2) is 47.6 Å². The lowest BCUT2D eigenvalue weighted by Crippen LogP contribution is -2.27. The molecular weight excluding hydrogens is 286 g/mol. The lowest BCUT2D eigenvalue weighted by atomic mass is 10.1. The molecule has 112 valence electrons. The molecule has 0 saturated carbocycles. The molecule has 2 aromatic rings. The Morgan fingerprint density at radius 3 is 2.52 bits per heavy atom. The van der Waals surface area contributed by atoms with Crippen molar-refractivity contribution in [2.45, 2.75) is 31.3 Å². The van der Waals surface area contributed by atoms with Gasteiger partial charge in [-0.3, -0.25) is 4.98 Å². The maximum atomic E-state index is 12.5. The minimum absolute atomic E-state index is 0.270. The van der Waals surface area contributed by atoms with Crippen LogP contribution in [0, 0.1) is 6.92 Å². The van der Waals surface area contributed by atoms with Gasteiger partial charge in [-0.05, 0) is 48.7 Å². The first kappa shape index (κ1) is 15.6. The molecule has 1 aromatic heterocycles. The quantitative estimate of drug-likeness (QED) is 0.883. The van der Waals surface area contributed by atoms with E-state index in [1.165, 1.54) is 0 Å². The first-order chi connectivity index (χ1) is 9.94. The topological polar surface area (TPSA) is 85.1 Å². The second-order valence-electron chi connectivity index (χ2n) is 4.93. The number of nitrogens with zero attached hydrogens (tertiary/aromatic N) is 1. The van der Waals surface area contributed by atoms with Crippen molar-refractivity contribution in [3.05, 3.63) is 59.4 Å². The van der Waals surface area contributed by atoms with E-state index in [4.69, 9.17) is 5.73 Å². The van der Waals surface area contributed by atoms with Crippen LogP contribution in [-0.4, -0.2) is 13.4 Å². The number of nitrogens with one attached hydrogen (secondary N) is 1. The molecule has 21 heavy (non-hydrogen) atoms. The molecule has 3 N–H and O–H groups in total. The summed E-state index contributed by atoms with van der Waals surface area (Å²) in [5.41, 5.74) is 7.93. The summed E-state index contributed by atoms with van der Waals surface area (Å²) in [4.78, 5) is 4.20. The number of nitrogens with two attached hydrogens (primary N) is 1. The van der Waals surface area contributed by atoms with Crippen LogP contribution >= 0.6 is 0 Å². The molecule has 6 heteroatoms. The van der Waals surface area contributed by atoms with Crippen molar-refractivity contribution in [2.75, 3.05) is 0 Å². The van der Waals surface area contributed by atoms with E-state index in [9.17, 15) is 8.42 Å². The van der Waals surface area contributed by atoms with Crippen LogP contribution < -0.4 is 10.5 Å². The van der Waals surface area contributed by atoms with E-state index in [1.807, 2.05) is 6.07 Å². The van der Waals surface area contributed by atoms with E-state index in [0.717, 1.165) is 11.1 Å². The lowest BCUT2D eigenvalue weighted by Gasteiger charge is -2.16. The first-order valence-electron chi connectivity index (χ1n) is 6.66. The molecule has 0 spiro atoms. The number of hydrogen-bond acceptors (Lipinski definition) is 4. The monoisotopic (exact) mass is 305 g/mol. The van der Waals surface area contributed by atoms with Crippen LogP contribution in [0.5, 0.6) is 0 Å². The number of benzene rings is 1. The van der Waals surface area contributed by atoms with Crippen molar-refractivity contribution in [1.82, 2.24) is 9.71 Å². The van der Waals surface area contributed by atoms with Gasteiger partial charge in [0.15, 0.2) is 0 Å². The third-order valence-corrected chi connectivity index (χ3v) is 5.00. The number of aromatic nitrogens is 1. The van der Waals surface area contributed by atoms with E-state index < -0.39 is 10.0 Å². The molecule has 0 saturated heterocycles. The molecule has 0 bridgehead atoms. The van der Waals surface area contributed by atoms with Crippen molar-refractivity contribution in [1.29, 1.82) is 0 Å². The molecule has 0 aliphatic rings. The van der Waals surface area contributed by atoms with Gasteiger partial charge in [-0.2, -0.15) is 0 Å². The van der Waals surface area contributed by atoms with Gasteiger partial charge in [0, 0.05) is 25.0 Å². The molecule has 0 aliphatic heterocycles. The maximum Gasteiger partial charge on any atom is 0.241 e.